The van der Waals surface area contributed by atoms with E-state index in [1.54, 1.807) is 0 Å². The van der Waals surface area contributed by atoms with Crippen molar-refractivity contribution in [1.82, 2.24) is 5.32 Å². The SMILES string of the molecule is CCCCCCCCNCc1cccc(Cl)c1Cl.Cl. The van der Waals surface area contributed by atoms with Gasteiger partial charge in [-0.05, 0) is 24.6 Å². The molecule has 19 heavy (non-hydrogen) atoms. The fourth-order valence-corrected chi connectivity index (χ4v) is 2.33. The lowest BCUT2D eigenvalue weighted by Gasteiger charge is -2.07. The van der Waals surface area contributed by atoms with Crippen molar-refractivity contribution in [2.24, 2.45) is 0 Å². The standard InChI is InChI=1S/C15H23Cl2N.ClH/c1-2-3-4-5-6-7-11-18-12-13-9-8-10-14(16)15(13)17;/h8-10,18H,2-7,11-12H2,1H3;1H. The fraction of sp³-hybridized carbons (Fsp3) is 0.600. The number of hydrogen-bond donors (Lipinski definition) is 1. The molecule has 0 saturated carbocycles. The molecule has 0 atom stereocenters. The number of unbranched alkanes of at least 4 members (excludes halogenated alkanes) is 5. The summed E-state index contributed by atoms with van der Waals surface area (Å²) in [4.78, 5) is 0. The van der Waals surface area contributed by atoms with Crippen LogP contribution in [0.15, 0.2) is 18.2 Å². The fourth-order valence-electron chi connectivity index (χ4n) is 1.94. The topological polar surface area (TPSA) is 12.0 Å². The van der Waals surface area contributed by atoms with Crippen LogP contribution < -0.4 is 5.32 Å². The summed E-state index contributed by atoms with van der Waals surface area (Å²) in [6, 6.07) is 5.78. The van der Waals surface area contributed by atoms with E-state index in [2.05, 4.69) is 12.2 Å². The van der Waals surface area contributed by atoms with E-state index in [1.165, 1.54) is 38.5 Å². The Morgan fingerprint density at radius 1 is 1.00 bits per heavy atom. The van der Waals surface area contributed by atoms with Crippen LogP contribution in [0.2, 0.25) is 10.0 Å². The minimum atomic E-state index is 0. The van der Waals surface area contributed by atoms with E-state index in [0.29, 0.717) is 10.0 Å². The molecule has 1 aromatic rings. The molecule has 110 valence electrons. The van der Waals surface area contributed by atoms with Gasteiger partial charge in [0, 0.05) is 6.54 Å². The highest BCUT2D eigenvalue weighted by Crippen LogP contribution is 2.25. The zero-order valence-corrected chi connectivity index (χ0v) is 13.9. The summed E-state index contributed by atoms with van der Waals surface area (Å²) in [7, 11) is 0. The minimum absolute atomic E-state index is 0. The second kappa shape index (κ2) is 11.8. The van der Waals surface area contributed by atoms with Crippen molar-refractivity contribution in [2.45, 2.75) is 52.0 Å². The molecule has 1 aromatic carbocycles. The summed E-state index contributed by atoms with van der Waals surface area (Å²) in [6.45, 7) is 4.10. The van der Waals surface area contributed by atoms with E-state index in [0.717, 1.165) is 18.7 Å². The van der Waals surface area contributed by atoms with Crippen molar-refractivity contribution in [3.63, 3.8) is 0 Å². The number of benzene rings is 1. The molecular formula is C15H24Cl3N. The molecule has 0 unspecified atom stereocenters. The lowest BCUT2D eigenvalue weighted by atomic mass is 10.1. The molecule has 0 heterocycles. The van der Waals surface area contributed by atoms with Gasteiger partial charge < -0.3 is 5.32 Å². The van der Waals surface area contributed by atoms with Gasteiger partial charge in [0.1, 0.15) is 0 Å². The summed E-state index contributed by atoms with van der Waals surface area (Å²) in [5, 5.41) is 4.73. The zero-order valence-electron chi connectivity index (χ0n) is 11.6. The molecule has 0 aliphatic heterocycles. The third-order valence-electron chi connectivity index (χ3n) is 3.05. The molecule has 1 nitrogen and oxygen atoms in total. The van der Waals surface area contributed by atoms with Crippen LogP contribution in [0.5, 0.6) is 0 Å². The lowest BCUT2D eigenvalue weighted by Crippen LogP contribution is -2.14. The molecule has 0 radical (unpaired) electrons. The van der Waals surface area contributed by atoms with Gasteiger partial charge in [0.2, 0.25) is 0 Å². The van der Waals surface area contributed by atoms with E-state index in [4.69, 9.17) is 23.2 Å². The maximum atomic E-state index is 6.12. The van der Waals surface area contributed by atoms with E-state index >= 15 is 0 Å². The Labute approximate surface area is 133 Å². The predicted octanol–water partition coefficient (Wildman–Crippen LogP) is 5.87. The van der Waals surface area contributed by atoms with Crippen molar-refractivity contribution in [3.8, 4) is 0 Å². The number of rotatable bonds is 9. The first-order valence-corrected chi connectivity index (χ1v) is 7.65. The maximum Gasteiger partial charge on any atom is 0.0637 e. The van der Waals surface area contributed by atoms with Gasteiger partial charge in [0.25, 0.3) is 0 Å². The summed E-state index contributed by atoms with van der Waals surface area (Å²) >= 11 is 12.1. The van der Waals surface area contributed by atoms with Gasteiger partial charge in [-0.1, -0.05) is 74.4 Å². The summed E-state index contributed by atoms with van der Waals surface area (Å²) in [5.41, 5.74) is 1.08. The van der Waals surface area contributed by atoms with Crippen molar-refractivity contribution in [3.05, 3.63) is 33.8 Å². The van der Waals surface area contributed by atoms with Crippen molar-refractivity contribution >= 4 is 35.6 Å². The molecule has 0 aliphatic carbocycles. The van der Waals surface area contributed by atoms with Gasteiger partial charge in [-0.25, -0.2) is 0 Å². The molecule has 0 aliphatic rings. The van der Waals surface area contributed by atoms with Crippen molar-refractivity contribution in [1.29, 1.82) is 0 Å². The van der Waals surface area contributed by atoms with Gasteiger partial charge in [-0.3, -0.25) is 0 Å². The quantitative estimate of drug-likeness (QED) is 0.560. The zero-order chi connectivity index (χ0) is 13.2. The number of hydrogen-bond acceptors (Lipinski definition) is 1. The molecule has 0 fully saturated rings. The van der Waals surface area contributed by atoms with Crippen LogP contribution in [0.4, 0.5) is 0 Å². The van der Waals surface area contributed by atoms with Crippen LogP contribution in [-0.2, 0) is 6.54 Å². The largest absolute Gasteiger partial charge is 0.313 e. The van der Waals surface area contributed by atoms with Gasteiger partial charge in [0.15, 0.2) is 0 Å². The second-order valence-electron chi connectivity index (χ2n) is 4.66. The molecule has 1 N–H and O–H groups in total. The van der Waals surface area contributed by atoms with Crippen LogP contribution >= 0.6 is 35.6 Å². The Bertz CT molecular complexity index is 342. The molecule has 0 spiro atoms. The molecule has 0 aromatic heterocycles. The maximum absolute atomic E-state index is 6.12. The highest BCUT2D eigenvalue weighted by Gasteiger charge is 2.02. The van der Waals surface area contributed by atoms with E-state index < -0.39 is 0 Å². The summed E-state index contributed by atoms with van der Waals surface area (Å²) in [5.74, 6) is 0. The first-order valence-electron chi connectivity index (χ1n) is 6.89. The van der Waals surface area contributed by atoms with Gasteiger partial charge in [0.05, 0.1) is 10.0 Å². The minimum Gasteiger partial charge on any atom is -0.313 e. The van der Waals surface area contributed by atoms with Gasteiger partial charge >= 0.3 is 0 Å². The highest BCUT2D eigenvalue weighted by atomic mass is 35.5. The highest BCUT2D eigenvalue weighted by molar-refractivity contribution is 6.42. The molecule has 0 amide bonds. The smallest absolute Gasteiger partial charge is 0.0637 e. The van der Waals surface area contributed by atoms with E-state index in [-0.39, 0.29) is 12.4 Å². The average molecular weight is 325 g/mol. The van der Waals surface area contributed by atoms with Gasteiger partial charge in [-0.15, -0.1) is 12.4 Å². The number of halogens is 3. The van der Waals surface area contributed by atoms with Crippen molar-refractivity contribution < 1.29 is 0 Å². The Hall–Kier alpha value is 0.0500. The number of nitrogens with one attached hydrogen (secondary N) is 1. The Morgan fingerprint density at radius 3 is 2.42 bits per heavy atom. The molecule has 4 heteroatoms. The Morgan fingerprint density at radius 2 is 1.68 bits per heavy atom. The Kier molecular flexibility index (Phi) is 11.9. The van der Waals surface area contributed by atoms with E-state index in [9.17, 15) is 0 Å². The summed E-state index contributed by atoms with van der Waals surface area (Å²) < 4.78 is 0. The van der Waals surface area contributed by atoms with E-state index in [1.807, 2.05) is 18.2 Å². The van der Waals surface area contributed by atoms with Crippen LogP contribution in [0.3, 0.4) is 0 Å². The van der Waals surface area contributed by atoms with Crippen LogP contribution in [0.25, 0.3) is 0 Å². The van der Waals surface area contributed by atoms with Gasteiger partial charge in [-0.2, -0.15) is 0 Å². The van der Waals surface area contributed by atoms with Crippen molar-refractivity contribution in [2.75, 3.05) is 6.54 Å². The summed E-state index contributed by atoms with van der Waals surface area (Å²) in [6.07, 6.45) is 7.96. The predicted molar refractivity (Wildman–Crippen MR) is 88.8 cm³/mol. The van der Waals surface area contributed by atoms with Crippen LogP contribution in [0.1, 0.15) is 51.0 Å². The van der Waals surface area contributed by atoms with Crippen LogP contribution in [-0.4, -0.2) is 6.54 Å². The second-order valence-corrected chi connectivity index (χ2v) is 5.44. The molecule has 1 rings (SSSR count). The third-order valence-corrected chi connectivity index (χ3v) is 3.91. The first kappa shape index (κ1) is 19.1. The Balaban J connectivity index is 0.00000324. The average Bonchev–Trinajstić information content (AvgIpc) is 2.37. The molecule has 0 saturated heterocycles. The third kappa shape index (κ3) is 8.04. The molecular weight excluding hydrogens is 301 g/mol. The molecule has 0 bridgehead atoms. The van der Waals surface area contributed by atoms with Crippen LogP contribution in [0, 0.1) is 0 Å². The normalized spacial score (nSPS) is 10.3. The lowest BCUT2D eigenvalue weighted by molar-refractivity contribution is 0.572. The monoisotopic (exact) mass is 323 g/mol. The first-order chi connectivity index (χ1) is 8.75.